The van der Waals surface area contributed by atoms with Gasteiger partial charge in [-0.15, -0.1) is 0 Å². The number of aromatic nitrogens is 1. The van der Waals surface area contributed by atoms with Gasteiger partial charge in [0.15, 0.2) is 11.5 Å². The molecule has 1 aromatic heterocycles. The topological polar surface area (TPSA) is 81.7 Å². The molecule has 0 saturated carbocycles. The molecule has 0 fully saturated rings. The van der Waals surface area contributed by atoms with Crippen molar-refractivity contribution in [3.63, 3.8) is 0 Å². The van der Waals surface area contributed by atoms with Crippen molar-refractivity contribution < 1.29 is 23.4 Å². The third kappa shape index (κ3) is 6.73. The number of amides is 2. The zero-order valence-corrected chi connectivity index (χ0v) is 19.1. The summed E-state index contributed by atoms with van der Waals surface area (Å²) in [6.45, 7) is 4.89. The molecule has 3 rings (SSSR count). The van der Waals surface area contributed by atoms with Gasteiger partial charge in [-0.25, -0.2) is 4.79 Å². The second-order valence-corrected chi connectivity index (χ2v) is 7.22. The normalized spacial score (nSPS) is 10.2. The van der Waals surface area contributed by atoms with Crippen LogP contribution in [0.3, 0.4) is 0 Å². The molecule has 0 saturated heterocycles. The van der Waals surface area contributed by atoms with Crippen molar-refractivity contribution in [1.29, 1.82) is 0 Å². The van der Waals surface area contributed by atoms with Crippen LogP contribution in [0.1, 0.15) is 20.3 Å². The fourth-order valence-electron chi connectivity index (χ4n) is 2.92. The van der Waals surface area contributed by atoms with E-state index in [0.717, 1.165) is 17.3 Å². The second kappa shape index (κ2) is 12.3. The average Bonchev–Trinajstić information content (AvgIpc) is 2.80. The van der Waals surface area contributed by atoms with E-state index >= 15 is 0 Å². The number of ether oxygens (including phenoxy) is 3. The number of hydrogen-bond donors (Lipinski definition) is 2. The Labute approximate surface area is 187 Å². The number of hydrogen-bond acceptors (Lipinski definition) is 5. The van der Waals surface area contributed by atoms with Crippen LogP contribution in [-0.2, 0) is 0 Å². The molecule has 2 N–H and O–H groups in total. The third-order valence-electron chi connectivity index (χ3n) is 4.55. The van der Waals surface area contributed by atoms with Crippen molar-refractivity contribution in [1.82, 2.24) is 10.3 Å². The summed E-state index contributed by atoms with van der Waals surface area (Å²) in [7, 11) is 3.68. The number of carbonyl (C=O) groups is 1. The Hall–Kier alpha value is -3.55. The third-order valence-corrected chi connectivity index (χ3v) is 4.55. The van der Waals surface area contributed by atoms with Gasteiger partial charge >= 0.3 is 6.03 Å². The molecule has 32 heavy (non-hydrogen) atoms. The summed E-state index contributed by atoms with van der Waals surface area (Å²) in [4.78, 5) is 16.3. The molecule has 2 aromatic carbocycles. The first-order valence-corrected chi connectivity index (χ1v) is 10.2. The first-order valence-electron chi connectivity index (χ1n) is 10.2. The molecule has 0 bridgehead atoms. The van der Waals surface area contributed by atoms with Crippen molar-refractivity contribution >= 4 is 22.6 Å². The molecular weight excluding hydrogens is 413 g/mol. The van der Waals surface area contributed by atoms with Gasteiger partial charge < -0.3 is 24.8 Å². The SMILES string of the molecule is CF.COc1cc2nccc(Oc3ccc(NC(=O)NCCC(C)C)cc3)c2cc1OC. The van der Waals surface area contributed by atoms with E-state index in [-0.39, 0.29) is 6.03 Å². The van der Waals surface area contributed by atoms with E-state index in [4.69, 9.17) is 14.2 Å². The number of urea groups is 1. The van der Waals surface area contributed by atoms with E-state index in [1.54, 1.807) is 50.7 Å². The zero-order valence-electron chi connectivity index (χ0n) is 19.1. The van der Waals surface area contributed by atoms with E-state index in [0.29, 0.717) is 48.3 Å². The van der Waals surface area contributed by atoms with Gasteiger partial charge in [0.1, 0.15) is 11.5 Å². The smallest absolute Gasteiger partial charge is 0.319 e. The summed E-state index contributed by atoms with van der Waals surface area (Å²) < 4.78 is 26.3. The van der Waals surface area contributed by atoms with E-state index in [1.807, 2.05) is 12.1 Å². The first kappa shape index (κ1) is 24.7. The monoisotopic (exact) mass is 443 g/mol. The number of anilines is 1. The number of alkyl halides is 1. The van der Waals surface area contributed by atoms with Crippen LogP contribution in [0.4, 0.5) is 14.9 Å². The fourth-order valence-corrected chi connectivity index (χ4v) is 2.92. The molecule has 0 aliphatic carbocycles. The Morgan fingerprint density at radius 3 is 2.28 bits per heavy atom. The molecule has 0 radical (unpaired) electrons. The summed E-state index contributed by atoms with van der Waals surface area (Å²) in [5, 5.41) is 6.47. The van der Waals surface area contributed by atoms with E-state index < -0.39 is 0 Å². The molecule has 0 aliphatic heterocycles. The van der Waals surface area contributed by atoms with Crippen molar-refractivity contribution in [3.05, 3.63) is 48.7 Å². The van der Waals surface area contributed by atoms with Gasteiger partial charge in [0, 0.05) is 29.9 Å². The van der Waals surface area contributed by atoms with Gasteiger partial charge in [0.05, 0.1) is 26.9 Å². The Morgan fingerprint density at radius 2 is 1.66 bits per heavy atom. The largest absolute Gasteiger partial charge is 0.493 e. The Bertz CT molecular complexity index is 1010. The first-order chi connectivity index (χ1) is 15.5. The molecule has 1 heterocycles. The summed E-state index contributed by atoms with van der Waals surface area (Å²) >= 11 is 0. The minimum atomic E-state index is -0.217. The molecule has 0 spiro atoms. The van der Waals surface area contributed by atoms with Crippen LogP contribution in [0, 0.1) is 5.92 Å². The molecule has 0 atom stereocenters. The molecule has 7 nitrogen and oxygen atoms in total. The number of nitrogens with zero attached hydrogens (tertiary/aromatic N) is 1. The van der Waals surface area contributed by atoms with Crippen LogP contribution in [0.2, 0.25) is 0 Å². The molecule has 0 unspecified atom stereocenters. The number of pyridine rings is 1. The van der Waals surface area contributed by atoms with Crippen LogP contribution in [0.25, 0.3) is 10.9 Å². The number of halogens is 1. The lowest BCUT2D eigenvalue weighted by Crippen LogP contribution is -2.30. The Kier molecular flexibility index (Phi) is 9.53. The van der Waals surface area contributed by atoms with Crippen molar-refractivity contribution in [2.45, 2.75) is 20.3 Å². The predicted octanol–water partition coefficient (Wildman–Crippen LogP) is 5.80. The minimum absolute atomic E-state index is 0.217. The standard InChI is InChI=1S/C23H27N3O4.CH3F/c1-15(2)9-11-25-23(27)26-16-5-7-17(8-6-16)30-20-10-12-24-19-14-22(29-4)21(28-3)13-18(19)20;1-2/h5-8,10,12-15H,9,11H2,1-4H3,(H2,25,26,27);1H3. The van der Waals surface area contributed by atoms with Crippen molar-refractivity contribution in [3.8, 4) is 23.0 Å². The number of nitrogens with one attached hydrogen (secondary N) is 2. The lowest BCUT2D eigenvalue weighted by Gasteiger charge is -2.13. The summed E-state index contributed by atoms with van der Waals surface area (Å²) in [6, 6.07) is 12.4. The number of rotatable bonds is 8. The molecule has 3 aromatic rings. The molecule has 0 aliphatic rings. The lowest BCUT2D eigenvalue weighted by atomic mass is 10.1. The maximum atomic E-state index is 11.9. The summed E-state index contributed by atoms with van der Waals surface area (Å²) in [6.07, 6.45) is 2.62. The molecule has 2 amide bonds. The molecule has 172 valence electrons. The molecule has 8 heteroatoms. The number of carbonyl (C=O) groups excluding carboxylic acids is 1. The minimum Gasteiger partial charge on any atom is -0.493 e. The van der Waals surface area contributed by atoms with Gasteiger partial charge in [0.25, 0.3) is 0 Å². The van der Waals surface area contributed by atoms with E-state index in [1.165, 1.54) is 0 Å². The van der Waals surface area contributed by atoms with Gasteiger partial charge in [-0.2, -0.15) is 0 Å². The summed E-state index contributed by atoms with van der Waals surface area (Å²) in [5.74, 6) is 3.05. The highest BCUT2D eigenvalue weighted by atomic mass is 19.1. The fraction of sp³-hybridized carbons (Fsp3) is 0.333. The van der Waals surface area contributed by atoms with Crippen LogP contribution in [0.5, 0.6) is 23.0 Å². The van der Waals surface area contributed by atoms with Crippen molar-refractivity contribution in [2.75, 3.05) is 33.3 Å². The van der Waals surface area contributed by atoms with Gasteiger partial charge in [-0.1, -0.05) is 13.8 Å². The number of fused-ring (bicyclic) bond motifs is 1. The zero-order chi connectivity index (χ0) is 23.5. The highest BCUT2D eigenvalue weighted by Crippen LogP contribution is 2.36. The molecular formula is C24H30FN3O4. The predicted molar refractivity (Wildman–Crippen MR) is 125 cm³/mol. The maximum Gasteiger partial charge on any atom is 0.319 e. The van der Waals surface area contributed by atoms with Crippen LogP contribution in [0.15, 0.2) is 48.7 Å². The van der Waals surface area contributed by atoms with Gasteiger partial charge in [-0.05, 0) is 48.7 Å². The average molecular weight is 444 g/mol. The number of methoxy groups -OCH3 is 2. The lowest BCUT2D eigenvalue weighted by molar-refractivity contribution is 0.251. The summed E-state index contributed by atoms with van der Waals surface area (Å²) in [5.41, 5.74) is 1.43. The van der Waals surface area contributed by atoms with Crippen LogP contribution < -0.4 is 24.8 Å². The quantitative estimate of drug-likeness (QED) is 0.460. The van der Waals surface area contributed by atoms with Gasteiger partial charge in [0.2, 0.25) is 0 Å². The van der Waals surface area contributed by atoms with E-state index in [9.17, 15) is 9.18 Å². The highest BCUT2D eigenvalue weighted by Gasteiger charge is 2.11. The van der Waals surface area contributed by atoms with Crippen LogP contribution in [-0.4, -0.2) is 39.0 Å². The van der Waals surface area contributed by atoms with E-state index in [2.05, 4.69) is 29.5 Å². The van der Waals surface area contributed by atoms with Crippen molar-refractivity contribution in [2.24, 2.45) is 5.92 Å². The highest BCUT2D eigenvalue weighted by molar-refractivity contribution is 5.89. The Morgan fingerprint density at radius 1 is 1.00 bits per heavy atom. The van der Waals surface area contributed by atoms with Crippen LogP contribution >= 0.6 is 0 Å². The number of benzene rings is 2. The Balaban J connectivity index is 0.00000176. The van der Waals surface area contributed by atoms with Gasteiger partial charge in [-0.3, -0.25) is 9.37 Å². The maximum absolute atomic E-state index is 11.9. The second-order valence-electron chi connectivity index (χ2n) is 7.22.